The molecule has 0 saturated heterocycles. The first-order valence-electron chi connectivity index (χ1n) is 11.9. The SMILES string of the molecule is CCOC(=O)C(CSCc1ccccc1)NC(=O)/C=C/C=C(\Cl)c1cc2cccc(OCCCCl)c2o1. The van der Waals surface area contributed by atoms with Gasteiger partial charge in [-0.2, -0.15) is 11.8 Å². The van der Waals surface area contributed by atoms with Crippen molar-refractivity contribution in [2.45, 2.75) is 25.1 Å². The first-order valence-corrected chi connectivity index (χ1v) is 13.9. The summed E-state index contributed by atoms with van der Waals surface area (Å²) in [6.07, 6.45) is 5.08. The predicted molar refractivity (Wildman–Crippen MR) is 151 cm³/mol. The molecule has 6 nitrogen and oxygen atoms in total. The van der Waals surface area contributed by atoms with Gasteiger partial charge in [-0.15, -0.1) is 11.6 Å². The highest BCUT2D eigenvalue weighted by Gasteiger charge is 2.21. The molecular formula is C28H29Cl2NO5S. The van der Waals surface area contributed by atoms with Crippen LogP contribution < -0.4 is 10.1 Å². The molecule has 196 valence electrons. The lowest BCUT2D eigenvalue weighted by molar-refractivity contribution is -0.146. The van der Waals surface area contributed by atoms with Crippen LogP contribution in [0.15, 0.2) is 77.2 Å². The number of hydrogen-bond donors (Lipinski definition) is 1. The van der Waals surface area contributed by atoms with E-state index in [0.717, 1.165) is 23.1 Å². The minimum atomic E-state index is -0.766. The molecule has 1 unspecified atom stereocenters. The molecule has 3 aromatic rings. The molecule has 2 aromatic carbocycles. The maximum absolute atomic E-state index is 12.5. The normalized spacial score (nSPS) is 12.6. The third kappa shape index (κ3) is 9.18. The summed E-state index contributed by atoms with van der Waals surface area (Å²) in [4.78, 5) is 24.8. The highest BCUT2D eigenvalue weighted by Crippen LogP contribution is 2.33. The molecule has 1 aromatic heterocycles. The minimum Gasteiger partial charge on any atom is -0.490 e. The van der Waals surface area contributed by atoms with Gasteiger partial charge in [-0.05, 0) is 37.1 Å². The number of para-hydroxylation sites is 1. The van der Waals surface area contributed by atoms with E-state index in [1.807, 2.05) is 48.5 Å². The molecule has 0 radical (unpaired) electrons. The Kier molecular flexibility index (Phi) is 11.9. The van der Waals surface area contributed by atoms with E-state index < -0.39 is 17.9 Å². The number of ether oxygens (including phenoxy) is 2. The summed E-state index contributed by atoms with van der Waals surface area (Å²) in [7, 11) is 0. The summed E-state index contributed by atoms with van der Waals surface area (Å²) in [5.74, 6) is 1.78. The second kappa shape index (κ2) is 15.4. The second-order valence-electron chi connectivity index (χ2n) is 7.86. The van der Waals surface area contributed by atoms with Crippen molar-refractivity contribution in [3.63, 3.8) is 0 Å². The highest BCUT2D eigenvalue weighted by atomic mass is 35.5. The molecule has 0 aliphatic rings. The summed E-state index contributed by atoms with van der Waals surface area (Å²) in [5, 5.41) is 3.87. The van der Waals surface area contributed by atoms with E-state index in [0.29, 0.717) is 40.4 Å². The summed E-state index contributed by atoms with van der Waals surface area (Å²) < 4.78 is 16.8. The lowest BCUT2D eigenvalue weighted by Crippen LogP contribution is -2.43. The number of halogens is 2. The van der Waals surface area contributed by atoms with Crippen molar-refractivity contribution in [3.8, 4) is 5.75 Å². The van der Waals surface area contributed by atoms with E-state index in [2.05, 4.69) is 5.32 Å². The Hall–Kier alpha value is -2.87. The van der Waals surface area contributed by atoms with E-state index in [9.17, 15) is 9.59 Å². The van der Waals surface area contributed by atoms with Gasteiger partial charge in [0.1, 0.15) is 11.8 Å². The van der Waals surface area contributed by atoms with Gasteiger partial charge in [-0.1, -0.05) is 60.1 Å². The van der Waals surface area contributed by atoms with Crippen LogP contribution >= 0.6 is 35.0 Å². The van der Waals surface area contributed by atoms with Crippen molar-refractivity contribution in [2.75, 3.05) is 24.8 Å². The van der Waals surface area contributed by atoms with Crippen LogP contribution in [0.3, 0.4) is 0 Å². The van der Waals surface area contributed by atoms with Gasteiger partial charge in [0.2, 0.25) is 5.91 Å². The second-order valence-corrected chi connectivity index (χ2v) is 9.68. The number of allylic oxidation sites excluding steroid dienone is 2. The molecule has 1 N–H and O–H groups in total. The number of fused-ring (bicyclic) bond motifs is 1. The zero-order valence-electron chi connectivity index (χ0n) is 20.5. The Morgan fingerprint density at radius 1 is 1.16 bits per heavy atom. The average molecular weight is 563 g/mol. The van der Waals surface area contributed by atoms with Gasteiger partial charge in [0, 0.05) is 28.8 Å². The van der Waals surface area contributed by atoms with E-state index >= 15 is 0 Å². The number of furan rings is 1. The number of carbonyl (C=O) groups excluding carboxylic acids is 2. The third-order valence-electron chi connectivity index (χ3n) is 5.05. The number of hydrogen-bond acceptors (Lipinski definition) is 6. The molecule has 0 aliphatic carbocycles. The summed E-state index contributed by atoms with van der Waals surface area (Å²) in [6.45, 7) is 2.45. The van der Waals surface area contributed by atoms with Crippen LogP contribution in [0.1, 0.15) is 24.7 Å². The number of esters is 1. The predicted octanol–water partition coefficient (Wildman–Crippen LogP) is 6.56. The maximum atomic E-state index is 12.5. The maximum Gasteiger partial charge on any atom is 0.329 e. The standard InChI is InChI=1S/C28H29Cl2NO5S/c1-2-34-28(33)23(19-37-18-20-9-4-3-5-10-20)31-26(32)14-7-12-22(30)25-17-21-11-6-13-24(27(21)36-25)35-16-8-15-29/h3-7,9-14,17,23H,2,8,15-16,18-19H2,1H3,(H,31,32)/b14-7+,22-12-. The fraction of sp³-hybridized carbons (Fsp3) is 0.286. The summed E-state index contributed by atoms with van der Waals surface area (Å²) in [6, 6.07) is 16.5. The van der Waals surface area contributed by atoms with Gasteiger partial charge in [-0.25, -0.2) is 4.79 Å². The topological polar surface area (TPSA) is 77.8 Å². The minimum absolute atomic E-state index is 0.236. The van der Waals surface area contributed by atoms with Crippen molar-refractivity contribution in [2.24, 2.45) is 0 Å². The molecule has 3 rings (SSSR count). The molecule has 0 bridgehead atoms. The van der Waals surface area contributed by atoms with Gasteiger partial charge < -0.3 is 19.2 Å². The largest absolute Gasteiger partial charge is 0.490 e. The van der Waals surface area contributed by atoms with E-state index in [-0.39, 0.29) is 6.61 Å². The molecule has 0 aliphatic heterocycles. The van der Waals surface area contributed by atoms with Crippen LogP contribution in [0.2, 0.25) is 0 Å². The molecular weight excluding hydrogens is 533 g/mol. The number of carbonyl (C=O) groups is 2. The Morgan fingerprint density at radius 2 is 1.97 bits per heavy atom. The van der Waals surface area contributed by atoms with Crippen LogP contribution in [-0.4, -0.2) is 42.8 Å². The van der Waals surface area contributed by atoms with Crippen LogP contribution in [0.5, 0.6) is 5.75 Å². The van der Waals surface area contributed by atoms with Crippen LogP contribution in [0.4, 0.5) is 0 Å². The van der Waals surface area contributed by atoms with Crippen LogP contribution in [0, 0.1) is 0 Å². The van der Waals surface area contributed by atoms with Crippen LogP contribution in [0.25, 0.3) is 16.0 Å². The summed E-state index contributed by atoms with van der Waals surface area (Å²) >= 11 is 13.7. The number of alkyl halides is 1. The number of benzene rings is 2. The van der Waals surface area contributed by atoms with E-state index in [1.165, 1.54) is 12.2 Å². The zero-order valence-corrected chi connectivity index (χ0v) is 22.8. The smallest absolute Gasteiger partial charge is 0.329 e. The monoisotopic (exact) mass is 561 g/mol. The van der Waals surface area contributed by atoms with Crippen molar-refractivity contribution in [1.82, 2.24) is 5.32 Å². The van der Waals surface area contributed by atoms with Crippen molar-refractivity contribution in [1.29, 1.82) is 0 Å². The number of rotatable bonds is 14. The number of nitrogens with one attached hydrogen (secondary N) is 1. The van der Waals surface area contributed by atoms with Crippen molar-refractivity contribution < 1.29 is 23.5 Å². The van der Waals surface area contributed by atoms with E-state index in [1.54, 1.807) is 30.8 Å². The van der Waals surface area contributed by atoms with Gasteiger partial charge in [-0.3, -0.25) is 4.79 Å². The Morgan fingerprint density at radius 3 is 2.73 bits per heavy atom. The molecule has 0 fully saturated rings. The molecule has 1 atom stereocenters. The Labute approximate surface area is 231 Å². The first kappa shape index (κ1) is 28.7. The number of amides is 1. The van der Waals surface area contributed by atoms with Crippen molar-refractivity contribution in [3.05, 3.63) is 84.1 Å². The number of thioether (sulfide) groups is 1. The molecule has 37 heavy (non-hydrogen) atoms. The Bertz CT molecular complexity index is 1230. The summed E-state index contributed by atoms with van der Waals surface area (Å²) in [5.41, 5.74) is 1.73. The van der Waals surface area contributed by atoms with Gasteiger partial charge >= 0.3 is 5.97 Å². The van der Waals surface area contributed by atoms with Gasteiger partial charge in [0.05, 0.1) is 18.2 Å². The Balaban J connectivity index is 1.60. The lowest BCUT2D eigenvalue weighted by Gasteiger charge is -2.16. The fourth-order valence-electron chi connectivity index (χ4n) is 3.31. The third-order valence-corrected chi connectivity index (χ3v) is 6.74. The molecule has 9 heteroatoms. The zero-order chi connectivity index (χ0) is 26.5. The highest BCUT2D eigenvalue weighted by molar-refractivity contribution is 7.98. The van der Waals surface area contributed by atoms with E-state index in [4.69, 9.17) is 37.1 Å². The lowest BCUT2D eigenvalue weighted by atomic mass is 10.2. The fourth-order valence-corrected chi connectivity index (χ4v) is 4.58. The molecule has 1 heterocycles. The van der Waals surface area contributed by atoms with Crippen LogP contribution in [-0.2, 0) is 20.1 Å². The quantitative estimate of drug-likeness (QED) is 0.0789. The van der Waals surface area contributed by atoms with Gasteiger partial charge in [0.15, 0.2) is 11.3 Å². The van der Waals surface area contributed by atoms with Crippen molar-refractivity contribution >= 4 is 62.8 Å². The molecule has 0 spiro atoms. The molecule has 0 saturated carbocycles. The molecule has 1 amide bonds. The van der Waals surface area contributed by atoms with Gasteiger partial charge in [0.25, 0.3) is 0 Å². The average Bonchev–Trinajstić information content (AvgIpc) is 3.34. The first-order chi connectivity index (χ1) is 18.0.